The second-order valence-corrected chi connectivity index (χ2v) is 8.93. The number of aromatic nitrogens is 1. The highest BCUT2D eigenvalue weighted by atomic mass is 32.2. The van der Waals surface area contributed by atoms with Gasteiger partial charge in [-0.1, -0.05) is 24.0 Å². The number of rotatable bonds is 4. The van der Waals surface area contributed by atoms with Crippen LogP contribution in [-0.4, -0.2) is 32.8 Å². The van der Waals surface area contributed by atoms with Gasteiger partial charge < -0.3 is 9.32 Å². The molecule has 0 aromatic carbocycles. The van der Waals surface area contributed by atoms with Gasteiger partial charge in [0.15, 0.2) is 0 Å². The number of amides is 1. The SMILES string of the molecule is Cc1c(C=C2SC(=S)N(Cc3ccco3)C2=O)c(N2CCCC2)n(C)c(=O)c1C#N. The maximum absolute atomic E-state index is 13.1. The highest BCUT2D eigenvalue weighted by molar-refractivity contribution is 8.26. The van der Waals surface area contributed by atoms with Gasteiger partial charge in [-0.15, -0.1) is 0 Å². The van der Waals surface area contributed by atoms with Crippen LogP contribution in [0.1, 0.15) is 35.3 Å². The number of furan rings is 1. The molecule has 0 aliphatic carbocycles. The molecule has 0 N–H and O–H groups in total. The van der Waals surface area contributed by atoms with E-state index >= 15 is 0 Å². The van der Waals surface area contributed by atoms with Crippen LogP contribution in [-0.2, 0) is 18.4 Å². The van der Waals surface area contributed by atoms with Crippen LogP contribution in [0.4, 0.5) is 5.82 Å². The maximum atomic E-state index is 13.1. The summed E-state index contributed by atoms with van der Waals surface area (Å²) in [6.45, 7) is 3.69. The molecule has 2 aliphatic rings. The molecule has 4 rings (SSSR count). The van der Waals surface area contributed by atoms with E-state index in [4.69, 9.17) is 16.6 Å². The molecule has 0 radical (unpaired) electrons. The first-order valence-electron chi connectivity index (χ1n) is 9.58. The molecule has 9 heteroatoms. The summed E-state index contributed by atoms with van der Waals surface area (Å²) in [6, 6.07) is 5.59. The van der Waals surface area contributed by atoms with E-state index in [0.29, 0.717) is 26.1 Å². The van der Waals surface area contributed by atoms with E-state index < -0.39 is 0 Å². The average molecular weight is 441 g/mol. The van der Waals surface area contributed by atoms with Crippen LogP contribution in [0.5, 0.6) is 0 Å². The topological polar surface area (TPSA) is 82.5 Å². The van der Waals surface area contributed by atoms with Crippen molar-refractivity contribution in [2.75, 3.05) is 18.0 Å². The van der Waals surface area contributed by atoms with Crippen molar-refractivity contribution in [1.82, 2.24) is 9.47 Å². The molecule has 0 spiro atoms. The number of nitriles is 1. The molecular formula is C21H20N4O3S2. The molecular weight excluding hydrogens is 420 g/mol. The van der Waals surface area contributed by atoms with Crippen molar-refractivity contribution in [2.45, 2.75) is 26.3 Å². The van der Waals surface area contributed by atoms with Crippen LogP contribution in [0.3, 0.4) is 0 Å². The van der Waals surface area contributed by atoms with E-state index in [-0.39, 0.29) is 23.6 Å². The van der Waals surface area contributed by atoms with Gasteiger partial charge in [-0.25, -0.2) is 0 Å². The molecule has 7 nitrogen and oxygen atoms in total. The number of carbonyl (C=O) groups is 1. The zero-order chi connectivity index (χ0) is 21.4. The predicted octanol–water partition coefficient (Wildman–Crippen LogP) is 3.16. The van der Waals surface area contributed by atoms with E-state index in [1.165, 1.54) is 21.2 Å². The monoisotopic (exact) mass is 440 g/mol. The third-order valence-corrected chi connectivity index (χ3v) is 6.79. The third kappa shape index (κ3) is 3.46. The summed E-state index contributed by atoms with van der Waals surface area (Å²) in [5.74, 6) is 1.18. The van der Waals surface area contributed by atoms with Crippen LogP contribution >= 0.6 is 24.0 Å². The first-order chi connectivity index (χ1) is 14.4. The van der Waals surface area contributed by atoms with Gasteiger partial charge in [0.2, 0.25) is 0 Å². The lowest BCUT2D eigenvalue weighted by Gasteiger charge is -2.25. The van der Waals surface area contributed by atoms with Crippen molar-refractivity contribution in [3.05, 3.63) is 56.1 Å². The molecule has 0 unspecified atom stereocenters. The van der Waals surface area contributed by atoms with Crippen molar-refractivity contribution in [3.63, 3.8) is 0 Å². The Hall–Kier alpha value is -2.83. The lowest BCUT2D eigenvalue weighted by Crippen LogP contribution is -2.31. The van der Waals surface area contributed by atoms with Gasteiger partial charge >= 0.3 is 0 Å². The molecule has 4 heterocycles. The summed E-state index contributed by atoms with van der Waals surface area (Å²) in [7, 11) is 1.68. The van der Waals surface area contributed by atoms with E-state index in [9.17, 15) is 14.9 Å². The van der Waals surface area contributed by atoms with Gasteiger partial charge in [0.05, 0.1) is 17.7 Å². The number of carbonyl (C=O) groups excluding carboxylic acids is 1. The van der Waals surface area contributed by atoms with Gasteiger partial charge in [0, 0.05) is 25.7 Å². The Morgan fingerprint density at radius 1 is 1.33 bits per heavy atom. The predicted molar refractivity (Wildman–Crippen MR) is 120 cm³/mol. The Bertz CT molecular complexity index is 1150. The number of anilines is 1. The van der Waals surface area contributed by atoms with Gasteiger partial charge in [-0.3, -0.25) is 19.1 Å². The molecule has 2 saturated heterocycles. The molecule has 2 aromatic heterocycles. The lowest BCUT2D eigenvalue weighted by molar-refractivity contribution is -0.122. The minimum Gasteiger partial charge on any atom is -0.467 e. The molecule has 2 aromatic rings. The van der Waals surface area contributed by atoms with E-state index in [1.54, 1.807) is 38.4 Å². The Labute approximate surface area is 183 Å². The Morgan fingerprint density at radius 2 is 2.07 bits per heavy atom. The normalized spacial score (nSPS) is 18.0. The first kappa shape index (κ1) is 20.4. The zero-order valence-electron chi connectivity index (χ0n) is 16.7. The fraction of sp³-hybridized carbons (Fsp3) is 0.333. The first-order valence-corrected chi connectivity index (χ1v) is 10.8. The van der Waals surface area contributed by atoms with Crippen LogP contribution in [0.15, 0.2) is 32.5 Å². The van der Waals surface area contributed by atoms with Gasteiger partial charge in [-0.2, -0.15) is 5.26 Å². The van der Waals surface area contributed by atoms with Crippen LogP contribution in [0.2, 0.25) is 0 Å². The fourth-order valence-corrected chi connectivity index (χ4v) is 5.09. The highest BCUT2D eigenvalue weighted by Gasteiger charge is 2.34. The van der Waals surface area contributed by atoms with E-state index in [1.807, 2.05) is 6.07 Å². The Kier molecular flexibility index (Phi) is 5.54. The summed E-state index contributed by atoms with van der Waals surface area (Å²) in [6.07, 6.45) is 5.41. The van der Waals surface area contributed by atoms with E-state index in [0.717, 1.165) is 31.7 Å². The quantitative estimate of drug-likeness (QED) is 0.533. The van der Waals surface area contributed by atoms with Crippen LogP contribution < -0.4 is 10.5 Å². The highest BCUT2D eigenvalue weighted by Crippen LogP contribution is 2.36. The second-order valence-electron chi connectivity index (χ2n) is 7.25. The zero-order valence-corrected chi connectivity index (χ0v) is 18.3. The second kappa shape index (κ2) is 8.13. The molecule has 1 amide bonds. The smallest absolute Gasteiger partial charge is 0.270 e. The number of nitrogens with zero attached hydrogens (tertiary/aromatic N) is 4. The van der Waals surface area contributed by atoms with Crippen molar-refractivity contribution in [1.29, 1.82) is 5.26 Å². The minimum absolute atomic E-state index is 0.0951. The molecule has 0 bridgehead atoms. The van der Waals surface area contributed by atoms with Crippen molar-refractivity contribution < 1.29 is 9.21 Å². The number of thiocarbonyl (C=S) groups is 1. The molecule has 154 valence electrons. The third-order valence-electron chi connectivity index (χ3n) is 5.42. The van der Waals surface area contributed by atoms with Gasteiger partial charge in [-0.05, 0) is 43.5 Å². The molecule has 2 fully saturated rings. The maximum Gasteiger partial charge on any atom is 0.270 e. The fourth-order valence-electron chi connectivity index (χ4n) is 3.85. The molecule has 2 aliphatic heterocycles. The molecule has 0 atom stereocenters. The average Bonchev–Trinajstić information content (AvgIpc) is 3.47. The summed E-state index contributed by atoms with van der Waals surface area (Å²) in [4.78, 5) is 29.9. The largest absolute Gasteiger partial charge is 0.467 e. The van der Waals surface area contributed by atoms with Crippen molar-refractivity contribution >= 4 is 46.1 Å². The van der Waals surface area contributed by atoms with Crippen LogP contribution in [0.25, 0.3) is 6.08 Å². The summed E-state index contributed by atoms with van der Waals surface area (Å²) in [5, 5.41) is 9.54. The van der Waals surface area contributed by atoms with Gasteiger partial charge in [0.25, 0.3) is 11.5 Å². The standard InChI is InChI=1S/C21H20N4O3S2/c1-13-15(18(24-7-3-4-8-24)23(2)19(26)16(13)11-22)10-17-20(27)25(21(29)30-17)12-14-6-5-9-28-14/h5-6,9-10H,3-4,7-8,12H2,1-2H3. The Balaban J connectivity index is 1.80. The summed E-state index contributed by atoms with van der Waals surface area (Å²) in [5.41, 5.74) is 1.07. The number of hydrogen-bond acceptors (Lipinski definition) is 7. The van der Waals surface area contributed by atoms with Crippen molar-refractivity contribution in [2.24, 2.45) is 7.05 Å². The van der Waals surface area contributed by atoms with E-state index in [2.05, 4.69) is 4.90 Å². The Morgan fingerprint density at radius 3 is 2.70 bits per heavy atom. The van der Waals surface area contributed by atoms with Crippen molar-refractivity contribution in [3.8, 4) is 6.07 Å². The minimum atomic E-state index is -0.320. The lowest BCUT2D eigenvalue weighted by atomic mass is 10.0. The van der Waals surface area contributed by atoms with Gasteiger partial charge in [0.1, 0.15) is 27.5 Å². The number of hydrogen-bond donors (Lipinski definition) is 0. The molecule has 0 saturated carbocycles. The van der Waals surface area contributed by atoms with Crippen LogP contribution in [0, 0.1) is 18.3 Å². The molecule has 30 heavy (non-hydrogen) atoms. The summed E-state index contributed by atoms with van der Waals surface area (Å²) < 4.78 is 7.32. The number of thioether (sulfide) groups is 1. The number of pyridine rings is 1. The summed E-state index contributed by atoms with van der Waals surface area (Å²) >= 11 is 6.64.